The van der Waals surface area contributed by atoms with Crippen LogP contribution in [0.2, 0.25) is 5.02 Å². The van der Waals surface area contributed by atoms with E-state index in [-0.39, 0.29) is 0 Å². The van der Waals surface area contributed by atoms with Crippen LogP contribution in [0.4, 0.5) is 0 Å². The van der Waals surface area contributed by atoms with Gasteiger partial charge in [0.1, 0.15) is 0 Å². The summed E-state index contributed by atoms with van der Waals surface area (Å²) in [5, 5.41) is 5.42. The summed E-state index contributed by atoms with van der Waals surface area (Å²) in [6.07, 6.45) is 4.69. The van der Waals surface area contributed by atoms with Crippen molar-refractivity contribution >= 4 is 22.5 Å². The molecule has 98 valence electrons. The number of nitrogens with zero attached hydrogens (tertiary/aromatic N) is 1. The molecule has 4 rings (SSSR count). The van der Waals surface area contributed by atoms with E-state index in [0.29, 0.717) is 5.92 Å². The molecule has 2 aliphatic rings. The van der Waals surface area contributed by atoms with Gasteiger partial charge in [-0.25, -0.2) is 0 Å². The second-order valence-corrected chi connectivity index (χ2v) is 6.06. The van der Waals surface area contributed by atoms with Crippen LogP contribution in [0.25, 0.3) is 10.9 Å². The SMILES string of the molecule is Clc1ccc(C2CC2)c2nc3c(cc12)CCNCC3. The highest BCUT2D eigenvalue weighted by atomic mass is 35.5. The molecule has 3 heteroatoms. The Morgan fingerprint density at radius 2 is 2.00 bits per heavy atom. The van der Waals surface area contributed by atoms with Crippen molar-refractivity contribution in [3.8, 4) is 0 Å². The molecule has 19 heavy (non-hydrogen) atoms. The van der Waals surface area contributed by atoms with Crippen LogP contribution in [0.5, 0.6) is 0 Å². The normalized spacial score (nSPS) is 19.2. The molecule has 1 fully saturated rings. The summed E-state index contributed by atoms with van der Waals surface area (Å²) in [7, 11) is 0. The van der Waals surface area contributed by atoms with Gasteiger partial charge in [-0.3, -0.25) is 4.98 Å². The van der Waals surface area contributed by atoms with Gasteiger partial charge >= 0.3 is 0 Å². The number of nitrogens with one attached hydrogen (secondary N) is 1. The Morgan fingerprint density at radius 3 is 2.84 bits per heavy atom. The first-order valence-corrected chi connectivity index (χ1v) is 7.52. The summed E-state index contributed by atoms with van der Waals surface area (Å²) >= 11 is 6.38. The zero-order chi connectivity index (χ0) is 12.8. The fraction of sp³-hybridized carbons (Fsp3) is 0.438. The minimum Gasteiger partial charge on any atom is -0.316 e. The standard InChI is InChI=1S/C16H17ClN2/c17-14-4-3-12(10-1-2-10)16-13(14)9-11-5-7-18-8-6-15(11)19-16/h3-4,9-10,18H,1-2,5-8H2. The third kappa shape index (κ3) is 2.03. The lowest BCUT2D eigenvalue weighted by Crippen LogP contribution is -2.16. The number of pyridine rings is 1. The summed E-state index contributed by atoms with van der Waals surface area (Å²) in [6.45, 7) is 2.07. The van der Waals surface area contributed by atoms with Gasteiger partial charge in [0.05, 0.1) is 5.52 Å². The Bertz CT molecular complexity index is 647. The van der Waals surface area contributed by atoms with Crippen LogP contribution in [-0.4, -0.2) is 18.1 Å². The monoisotopic (exact) mass is 272 g/mol. The predicted molar refractivity (Wildman–Crippen MR) is 79.0 cm³/mol. The number of aromatic nitrogens is 1. The van der Waals surface area contributed by atoms with E-state index in [4.69, 9.17) is 16.6 Å². The molecule has 0 radical (unpaired) electrons. The Balaban J connectivity index is 1.97. The molecule has 1 N–H and O–H groups in total. The van der Waals surface area contributed by atoms with Gasteiger partial charge in [-0.05, 0) is 55.0 Å². The maximum atomic E-state index is 6.38. The highest BCUT2D eigenvalue weighted by Gasteiger charge is 2.27. The van der Waals surface area contributed by atoms with E-state index in [1.54, 1.807) is 0 Å². The lowest BCUT2D eigenvalue weighted by molar-refractivity contribution is 0.708. The second-order valence-electron chi connectivity index (χ2n) is 5.65. The van der Waals surface area contributed by atoms with E-state index in [2.05, 4.69) is 17.4 Å². The molecule has 2 nitrogen and oxygen atoms in total. The van der Waals surface area contributed by atoms with Gasteiger partial charge in [-0.1, -0.05) is 17.7 Å². The van der Waals surface area contributed by atoms with E-state index in [0.717, 1.165) is 41.9 Å². The Labute approximate surface area is 118 Å². The van der Waals surface area contributed by atoms with Gasteiger partial charge in [0, 0.05) is 29.1 Å². The first-order valence-electron chi connectivity index (χ1n) is 7.14. The molecule has 2 heterocycles. The summed E-state index contributed by atoms with van der Waals surface area (Å²) in [4.78, 5) is 4.97. The summed E-state index contributed by atoms with van der Waals surface area (Å²) in [5.74, 6) is 0.717. The molecular weight excluding hydrogens is 256 g/mol. The number of hydrogen-bond donors (Lipinski definition) is 1. The molecule has 1 saturated carbocycles. The molecule has 2 aromatic rings. The first-order chi connectivity index (χ1) is 9.33. The molecule has 0 spiro atoms. The molecule has 1 aromatic carbocycles. The van der Waals surface area contributed by atoms with Gasteiger partial charge in [-0.2, -0.15) is 0 Å². The van der Waals surface area contributed by atoms with Crippen molar-refractivity contribution in [1.29, 1.82) is 0 Å². The largest absolute Gasteiger partial charge is 0.316 e. The average Bonchev–Trinajstić information content (AvgIpc) is 3.24. The van der Waals surface area contributed by atoms with Crippen molar-refractivity contribution in [3.63, 3.8) is 0 Å². The molecule has 0 unspecified atom stereocenters. The fourth-order valence-electron chi connectivity index (χ4n) is 3.04. The molecule has 0 amide bonds. The quantitative estimate of drug-likeness (QED) is 0.860. The highest BCUT2D eigenvalue weighted by Crippen LogP contribution is 2.44. The summed E-state index contributed by atoms with van der Waals surface area (Å²) in [5.41, 5.74) is 5.18. The number of benzene rings is 1. The second kappa shape index (κ2) is 4.46. The van der Waals surface area contributed by atoms with Crippen LogP contribution in [0.1, 0.15) is 35.6 Å². The van der Waals surface area contributed by atoms with Gasteiger partial charge in [0.15, 0.2) is 0 Å². The molecule has 1 aliphatic carbocycles. The lowest BCUT2D eigenvalue weighted by atomic mass is 10.0. The Kier molecular flexibility index (Phi) is 2.75. The van der Waals surface area contributed by atoms with Gasteiger partial charge in [0.25, 0.3) is 0 Å². The van der Waals surface area contributed by atoms with Crippen molar-refractivity contribution in [3.05, 3.63) is 40.0 Å². The first kappa shape index (κ1) is 11.7. The van der Waals surface area contributed by atoms with E-state index >= 15 is 0 Å². The number of rotatable bonds is 1. The maximum absolute atomic E-state index is 6.38. The van der Waals surface area contributed by atoms with Crippen molar-refractivity contribution < 1.29 is 0 Å². The van der Waals surface area contributed by atoms with Crippen molar-refractivity contribution in [2.24, 2.45) is 0 Å². The number of halogens is 1. The van der Waals surface area contributed by atoms with Crippen LogP contribution < -0.4 is 5.32 Å². The lowest BCUT2D eigenvalue weighted by Gasteiger charge is -2.11. The fourth-order valence-corrected chi connectivity index (χ4v) is 3.25. The zero-order valence-corrected chi connectivity index (χ0v) is 11.6. The molecule has 1 aliphatic heterocycles. The highest BCUT2D eigenvalue weighted by molar-refractivity contribution is 6.35. The van der Waals surface area contributed by atoms with E-state index in [9.17, 15) is 0 Å². The Hall–Kier alpha value is -1.12. The number of fused-ring (bicyclic) bond motifs is 2. The van der Waals surface area contributed by atoms with Crippen LogP contribution in [-0.2, 0) is 12.8 Å². The number of hydrogen-bond acceptors (Lipinski definition) is 2. The third-order valence-corrected chi connectivity index (χ3v) is 4.59. The van der Waals surface area contributed by atoms with Crippen LogP contribution in [0.15, 0.2) is 18.2 Å². The van der Waals surface area contributed by atoms with Crippen LogP contribution in [0.3, 0.4) is 0 Å². The van der Waals surface area contributed by atoms with E-state index in [1.165, 1.54) is 29.7 Å². The topological polar surface area (TPSA) is 24.9 Å². The summed E-state index contributed by atoms with van der Waals surface area (Å²) < 4.78 is 0. The summed E-state index contributed by atoms with van der Waals surface area (Å²) in [6, 6.07) is 6.50. The van der Waals surface area contributed by atoms with Crippen LogP contribution >= 0.6 is 11.6 Å². The molecule has 0 saturated heterocycles. The minimum atomic E-state index is 0.717. The average molecular weight is 273 g/mol. The molecule has 0 atom stereocenters. The maximum Gasteiger partial charge on any atom is 0.0755 e. The predicted octanol–water partition coefficient (Wildman–Crippen LogP) is 3.45. The van der Waals surface area contributed by atoms with Crippen LogP contribution in [0, 0.1) is 0 Å². The van der Waals surface area contributed by atoms with Crippen molar-refractivity contribution in [1.82, 2.24) is 10.3 Å². The van der Waals surface area contributed by atoms with Gasteiger partial charge < -0.3 is 5.32 Å². The zero-order valence-electron chi connectivity index (χ0n) is 10.9. The van der Waals surface area contributed by atoms with E-state index < -0.39 is 0 Å². The van der Waals surface area contributed by atoms with E-state index in [1.807, 2.05) is 6.07 Å². The third-order valence-electron chi connectivity index (χ3n) is 4.26. The molecule has 1 aromatic heterocycles. The molecule has 0 bridgehead atoms. The Morgan fingerprint density at radius 1 is 1.16 bits per heavy atom. The minimum absolute atomic E-state index is 0.717. The van der Waals surface area contributed by atoms with Crippen molar-refractivity contribution in [2.75, 3.05) is 13.1 Å². The van der Waals surface area contributed by atoms with Crippen molar-refractivity contribution in [2.45, 2.75) is 31.6 Å². The molecular formula is C16H17ClN2. The van der Waals surface area contributed by atoms with Gasteiger partial charge in [-0.15, -0.1) is 0 Å². The van der Waals surface area contributed by atoms with Gasteiger partial charge in [0.2, 0.25) is 0 Å². The smallest absolute Gasteiger partial charge is 0.0755 e.